The maximum absolute atomic E-state index is 11.9. The Morgan fingerprint density at radius 3 is 2.95 bits per heavy atom. The first-order chi connectivity index (χ1) is 10.1. The van der Waals surface area contributed by atoms with Gasteiger partial charge in [-0.1, -0.05) is 29.6 Å². The van der Waals surface area contributed by atoms with Crippen molar-refractivity contribution in [2.24, 2.45) is 0 Å². The van der Waals surface area contributed by atoms with Crippen LogP contribution in [0.5, 0.6) is 0 Å². The fraction of sp³-hybridized carbons (Fsp3) is 0.533. The minimum Gasteiger partial charge on any atom is -0.337 e. The number of benzene rings is 1. The lowest BCUT2D eigenvalue weighted by atomic mass is 10.0. The molecule has 1 unspecified atom stereocenters. The molecule has 1 aromatic rings. The van der Waals surface area contributed by atoms with Crippen LogP contribution >= 0.6 is 23.2 Å². The molecule has 0 radical (unpaired) electrons. The summed E-state index contributed by atoms with van der Waals surface area (Å²) in [5.41, 5.74) is 0.521. The summed E-state index contributed by atoms with van der Waals surface area (Å²) in [6, 6.07) is 5.32. The second-order valence-electron chi connectivity index (χ2n) is 5.39. The van der Waals surface area contributed by atoms with Crippen LogP contribution < -0.4 is 10.6 Å². The maximum atomic E-state index is 11.9. The van der Waals surface area contributed by atoms with Crippen LogP contribution in [-0.4, -0.2) is 36.6 Å². The molecule has 1 aliphatic heterocycles. The highest BCUT2D eigenvalue weighted by Gasteiger charge is 2.17. The van der Waals surface area contributed by atoms with Gasteiger partial charge < -0.3 is 10.6 Å². The molecule has 1 atom stereocenters. The van der Waals surface area contributed by atoms with E-state index in [1.807, 2.05) is 0 Å². The SMILES string of the molecule is CC1CCCCN1CCNC(=O)Nc1cc(Cl)ccc1Cl. The Labute approximate surface area is 135 Å². The molecule has 1 aromatic carbocycles. The summed E-state index contributed by atoms with van der Waals surface area (Å²) in [7, 11) is 0. The number of amides is 2. The van der Waals surface area contributed by atoms with Crippen LogP contribution in [0.15, 0.2) is 18.2 Å². The van der Waals surface area contributed by atoms with Crippen LogP contribution in [0.4, 0.5) is 10.5 Å². The molecule has 0 bridgehead atoms. The quantitative estimate of drug-likeness (QED) is 0.877. The van der Waals surface area contributed by atoms with E-state index in [2.05, 4.69) is 22.5 Å². The Balaban J connectivity index is 1.75. The molecular formula is C15H21Cl2N3O. The highest BCUT2D eigenvalue weighted by Crippen LogP contribution is 2.25. The summed E-state index contributed by atoms with van der Waals surface area (Å²) >= 11 is 11.9. The largest absolute Gasteiger partial charge is 0.337 e. The number of piperidine rings is 1. The lowest BCUT2D eigenvalue weighted by molar-refractivity contribution is 0.162. The van der Waals surface area contributed by atoms with E-state index in [1.165, 1.54) is 19.3 Å². The zero-order valence-corrected chi connectivity index (χ0v) is 13.7. The minimum atomic E-state index is -0.260. The molecule has 6 heteroatoms. The van der Waals surface area contributed by atoms with Gasteiger partial charge in [-0.2, -0.15) is 0 Å². The first kappa shape index (κ1) is 16.4. The lowest BCUT2D eigenvalue weighted by Crippen LogP contribution is -2.43. The fourth-order valence-corrected chi connectivity index (χ4v) is 2.90. The van der Waals surface area contributed by atoms with Crippen molar-refractivity contribution in [1.82, 2.24) is 10.2 Å². The van der Waals surface area contributed by atoms with E-state index in [4.69, 9.17) is 23.2 Å². The number of rotatable bonds is 4. The van der Waals surface area contributed by atoms with Crippen LogP contribution in [-0.2, 0) is 0 Å². The zero-order valence-electron chi connectivity index (χ0n) is 12.2. The molecule has 0 aliphatic carbocycles. The van der Waals surface area contributed by atoms with Gasteiger partial charge in [-0.15, -0.1) is 0 Å². The van der Waals surface area contributed by atoms with Gasteiger partial charge in [-0.25, -0.2) is 4.79 Å². The average Bonchev–Trinajstić information content (AvgIpc) is 2.45. The summed E-state index contributed by atoms with van der Waals surface area (Å²) in [5, 5.41) is 6.58. The van der Waals surface area contributed by atoms with E-state index in [0.717, 1.165) is 13.1 Å². The van der Waals surface area contributed by atoms with Crippen LogP contribution in [0.25, 0.3) is 0 Å². The van der Waals surface area contributed by atoms with E-state index in [1.54, 1.807) is 18.2 Å². The van der Waals surface area contributed by atoms with Crippen molar-refractivity contribution in [2.75, 3.05) is 25.0 Å². The molecule has 1 aliphatic rings. The first-order valence-corrected chi connectivity index (χ1v) is 8.06. The number of carbonyl (C=O) groups excluding carboxylic acids is 1. The number of likely N-dealkylation sites (tertiary alicyclic amines) is 1. The van der Waals surface area contributed by atoms with E-state index < -0.39 is 0 Å². The van der Waals surface area contributed by atoms with E-state index in [-0.39, 0.29) is 6.03 Å². The molecule has 116 valence electrons. The number of carbonyl (C=O) groups is 1. The maximum Gasteiger partial charge on any atom is 0.319 e. The number of nitrogens with one attached hydrogen (secondary N) is 2. The van der Waals surface area contributed by atoms with Crippen molar-refractivity contribution < 1.29 is 4.79 Å². The van der Waals surface area contributed by atoms with Crippen molar-refractivity contribution >= 4 is 34.9 Å². The van der Waals surface area contributed by atoms with Gasteiger partial charge in [-0.05, 0) is 44.5 Å². The molecule has 0 saturated carbocycles. The molecule has 21 heavy (non-hydrogen) atoms. The monoisotopic (exact) mass is 329 g/mol. The number of nitrogens with zero attached hydrogens (tertiary/aromatic N) is 1. The van der Waals surface area contributed by atoms with Crippen LogP contribution in [0.3, 0.4) is 0 Å². The van der Waals surface area contributed by atoms with Crippen molar-refractivity contribution in [1.29, 1.82) is 0 Å². The fourth-order valence-electron chi connectivity index (χ4n) is 2.56. The highest BCUT2D eigenvalue weighted by atomic mass is 35.5. The van der Waals surface area contributed by atoms with Gasteiger partial charge in [-0.3, -0.25) is 4.90 Å². The van der Waals surface area contributed by atoms with Gasteiger partial charge in [0.1, 0.15) is 0 Å². The van der Waals surface area contributed by atoms with Crippen molar-refractivity contribution in [3.8, 4) is 0 Å². The zero-order chi connectivity index (χ0) is 15.2. The van der Waals surface area contributed by atoms with Crippen molar-refractivity contribution in [3.63, 3.8) is 0 Å². The Morgan fingerprint density at radius 2 is 2.19 bits per heavy atom. The molecular weight excluding hydrogens is 309 g/mol. The van der Waals surface area contributed by atoms with Gasteiger partial charge >= 0.3 is 6.03 Å². The Morgan fingerprint density at radius 1 is 1.38 bits per heavy atom. The number of urea groups is 1. The number of hydrogen-bond acceptors (Lipinski definition) is 2. The van der Waals surface area contributed by atoms with Gasteiger partial charge in [0.25, 0.3) is 0 Å². The Hall–Kier alpha value is -0.970. The molecule has 2 amide bonds. The van der Waals surface area contributed by atoms with E-state index in [0.29, 0.717) is 28.3 Å². The smallest absolute Gasteiger partial charge is 0.319 e. The standard InChI is InChI=1S/C15H21Cl2N3O/c1-11-4-2-3-8-20(11)9-7-18-15(21)19-14-10-12(16)5-6-13(14)17/h5-6,10-11H,2-4,7-9H2,1H3,(H2,18,19,21). The highest BCUT2D eigenvalue weighted by molar-refractivity contribution is 6.35. The molecule has 0 spiro atoms. The molecule has 1 fully saturated rings. The summed E-state index contributed by atoms with van der Waals surface area (Å²) in [4.78, 5) is 14.3. The van der Waals surface area contributed by atoms with E-state index in [9.17, 15) is 4.79 Å². The molecule has 2 rings (SSSR count). The van der Waals surface area contributed by atoms with E-state index >= 15 is 0 Å². The number of anilines is 1. The topological polar surface area (TPSA) is 44.4 Å². The normalized spacial score (nSPS) is 19.3. The summed E-state index contributed by atoms with van der Waals surface area (Å²) in [6.07, 6.45) is 3.79. The lowest BCUT2D eigenvalue weighted by Gasteiger charge is -2.33. The molecule has 4 nitrogen and oxygen atoms in total. The molecule has 1 heterocycles. The Kier molecular flexibility index (Phi) is 6.15. The van der Waals surface area contributed by atoms with Crippen LogP contribution in [0.2, 0.25) is 10.0 Å². The molecule has 0 aromatic heterocycles. The predicted octanol–water partition coefficient (Wildman–Crippen LogP) is 3.99. The third kappa shape index (κ3) is 5.06. The second kappa shape index (κ2) is 7.87. The van der Waals surface area contributed by atoms with Crippen molar-refractivity contribution in [3.05, 3.63) is 28.2 Å². The third-order valence-corrected chi connectivity index (χ3v) is 4.37. The third-order valence-electron chi connectivity index (χ3n) is 3.80. The van der Waals surface area contributed by atoms with Crippen LogP contribution in [0, 0.1) is 0 Å². The average molecular weight is 330 g/mol. The van der Waals surface area contributed by atoms with Crippen LogP contribution in [0.1, 0.15) is 26.2 Å². The Bertz CT molecular complexity index is 496. The number of hydrogen-bond donors (Lipinski definition) is 2. The van der Waals surface area contributed by atoms with Gasteiger partial charge in [0, 0.05) is 24.2 Å². The summed E-state index contributed by atoms with van der Waals surface area (Å²) < 4.78 is 0. The summed E-state index contributed by atoms with van der Waals surface area (Å²) in [6.45, 7) is 4.85. The van der Waals surface area contributed by atoms with Gasteiger partial charge in [0.2, 0.25) is 0 Å². The number of halogens is 2. The molecule has 1 saturated heterocycles. The predicted molar refractivity (Wildman–Crippen MR) is 88.4 cm³/mol. The summed E-state index contributed by atoms with van der Waals surface area (Å²) in [5.74, 6) is 0. The molecule has 2 N–H and O–H groups in total. The van der Waals surface area contributed by atoms with Gasteiger partial charge in [0.05, 0.1) is 10.7 Å². The first-order valence-electron chi connectivity index (χ1n) is 7.30. The minimum absolute atomic E-state index is 0.260. The van der Waals surface area contributed by atoms with Crippen molar-refractivity contribution in [2.45, 2.75) is 32.2 Å². The second-order valence-corrected chi connectivity index (χ2v) is 6.23. The van der Waals surface area contributed by atoms with Gasteiger partial charge in [0.15, 0.2) is 0 Å².